The fourth-order valence-electron chi connectivity index (χ4n) is 2.92. The van der Waals surface area contributed by atoms with Gasteiger partial charge < -0.3 is 15.0 Å². The number of rotatable bonds is 6. The molecule has 1 aliphatic heterocycles. The van der Waals surface area contributed by atoms with E-state index in [2.05, 4.69) is 17.2 Å². The molecule has 27 heavy (non-hydrogen) atoms. The summed E-state index contributed by atoms with van der Waals surface area (Å²) in [4.78, 5) is 6.35. The lowest BCUT2D eigenvalue weighted by Gasteiger charge is -2.39. The Morgan fingerprint density at radius 1 is 1.37 bits per heavy atom. The first kappa shape index (κ1) is 24.0. The van der Waals surface area contributed by atoms with Crippen molar-refractivity contribution in [2.75, 3.05) is 32.5 Å². The highest BCUT2D eigenvalue weighted by molar-refractivity contribution is 14.0. The topological polar surface area (TPSA) is 71.0 Å². The Morgan fingerprint density at radius 3 is 2.74 bits per heavy atom. The highest BCUT2D eigenvalue weighted by atomic mass is 127. The second-order valence-electron chi connectivity index (χ2n) is 7.25. The van der Waals surface area contributed by atoms with Crippen LogP contribution in [0.15, 0.2) is 29.3 Å². The van der Waals surface area contributed by atoms with Gasteiger partial charge in [0.1, 0.15) is 5.75 Å². The highest BCUT2D eigenvalue weighted by Gasteiger charge is 2.40. The Bertz CT molecular complexity index is 735. The summed E-state index contributed by atoms with van der Waals surface area (Å²) in [5.41, 5.74) is 1.10. The molecule has 154 valence electrons. The third-order valence-corrected chi connectivity index (χ3v) is 7.20. The molecule has 0 aliphatic carbocycles. The molecule has 0 saturated carbocycles. The van der Waals surface area contributed by atoms with Crippen molar-refractivity contribution in [3.8, 4) is 5.75 Å². The molecule has 0 amide bonds. The molecule has 1 fully saturated rings. The first-order valence-electron chi connectivity index (χ1n) is 9.18. The standard InChI is InChI=1S/C19H31N3O3S.HI/c1-5-6-11-25-17-9-7-8-16(13-17)14-21-18(20-4)22-10-12-26(23,24)19(2,3)15-22;/h7-9,13H,5-6,10-12,14-15H2,1-4H3,(H,20,21);1H. The van der Waals surface area contributed by atoms with Gasteiger partial charge in [-0.2, -0.15) is 0 Å². The van der Waals surface area contributed by atoms with Crippen molar-refractivity contribution < 1.29 is 13.2 Å². The zero-order valence-electron chi connectivity index (χ0n) is 16.7. The van der Waals surface area contributed by atoms with E-state index in [9.17, 15) is 8.42 Å². The smallest absolute Gasteiger partial charge is 0.193 e. The Labute approximate surface area is 180 Å². The summed E-state index contributed by atoms with van der Waals surface area (Å²) in [7, 11) is -1.34. The lowest BCUT2D eigenvalue weighted by molar-refractivity contribution is 0.309. The van der Waals surface area contributed by atoms with Crippen molar-refractivity contribution in [3.63, 3.8) is 0 Å². The van der Waals surface area contributed by atoms with Gasteiger partial charge in [-0.05, 0) is 38.0 Å². The number of halogens is 1. The van der Waals surface area contributed by atoms with Crippen molar-refractivity contribution in [1.29, 1.82) is 0 Å². The zero-order chi connectivity index (χ0) is 19.2. The van der Waals surface area contributed by atoms with E-state index < -0.39 is 14.6 Å². The van der Waals surface area contributed by atoms with Crippen LogP contribution in [0.2, 0.25) is 0 Å². The lowest BCUT2D eigenvalue weighted by Crippen LogP contribution is -2.57. The van der Waals surface area contributed by atoms with Gasteiger partial charge in [0.05, 0.1) is 17.1 Å². The number of aliphatic imine (C=N–C) groups is 1. The van der Waals surface area contributed by atoms with Gasteiger partial charge >= 0.3 is 0 Å². The first-order valence-corrected chi connectivity index (χ1v) is 10.8. The molecule has 0 bridgehead atoms. The fraction of sp³-hybridized carbons (Fsp3) is 0.632. The normalized spacial score (nSPS) is 18.5. The van der Waals surface area contributed by atoms with Crippen LogP contribution in [-0.2, 0) is 16.4 Å². The molecular formula is C19H32IN3O3S. The zero-order valence-corrected chi connectivity index (χ0v) is 19.8. The third kappa shape index (κ3) is 6.51. The molecule has 0 radical (unpaired) electrons. The van der Waals surface area contributed by atoms with Gasteiger partial charge in [0.15, 0.2) is 15.8 Å². The van der Waals surface area contributed by atoms with Crippen LogP contribution in [0.1, 0.15) is 39.2 Å². The number of unbranched alkanes of at least 4 members (excludes halogenated alkanes) is 1. The summed E-state index contributed by atoms with van der Waals surface area (Å²) in [5, 5.41) is 3.34. The summed E-state index contributed by atoms with van der Waals surface area (Å²) in [6.07, 6.45) is 2.16. The minimum absolute atomic E-state index is 0. The molecular weight excluding hydrogens is 477 g/mol. The summed E-state index contributed by atoms with van der Waals surface area (Å²) < 4.78 is 29.4. The number of hydrogen-bond acceptors (Lipinski definition) is 4. The maximum absolute atomic E-state index is 12.2. The number of nitrogens with one attached hydrogen (secondary N) is 1. The van der Waals surface area contributed by atoms with Crippen molar-refractivity contribution in [3.05, 3.63) is 29.8 Å². The van der Waals surface area contributed by atoms with Crippen LogP contribution >= 0.6 is 24.0 Å². The molecule has 0 spiro atoms. The van der Waals surface area contributed by atoms with E-state index in [1.165, 1.54) is 0 Å². The largest absolute Gasteiger partial charge is 0.494 e. The molecule has 1 aromatic rings. The van der Waals surface area contributed by atoms with Crippen LogP contribution in [0.25, 0.3) is 0 Å². The number of guanidine groups is 1. The van der Waals surface area contributed by atoms with Gasteiger partial charge in [-0.25, -0.2) is 8.42 Å². The van der Waals surface area contributed by atoms with Gasteiger partial charge in [-0.1, -0.05) is 25.5 Å². The van der Waals surface area contributed by atoms with Crippen molar-refractivity contribution >= 4 is 39.8 Å². The van der Waals surface area contributed by atoms with Gasteiger partial charge in [-0.15, -0.1) is 24.0 Å². The Hall–Kier alpha value is -1.03. The lowest BCUT2D eigenvalue weighted by atomic mass is 10.2. The van der Waals surface area contributed by atoms with Crippen LogP contribution < -0.4 is 10.1 Å². The molecule has 0 atom stereocenters. The predicted molar refractivity (Wildman–Crippen MR) is 122 cm³/mol. The van der Waals surface area contributed by atoms with E-state index in [1.807, 2.05) is 29.2 Å². The summed E-state index contributed by atoms with van der Waals surface area (Å²) >= 11 is 0. The van der Waals surface area contributed by atoms with E-state index in [0.29, 0.717) is 19.6 Å². The Balaban J connectivity index is 0.00000364. The van der Waals surface area contributed by atoms with Crippen LogP contribution in [0, 0.1) is 0 Å². The maximum atomic E-state index is 12.2. The minimum atomic E-state index is -3.06. The summed E-state index contributed by atoms with van der Waals surface area (Å²) in [6.45, 7) is 7.94. The van der Waals surface area contributed by atoms with Gasteiger partial charge in [0, 0.05) is 26.7 Å². The number of nitrogens with zero attached hydrogens (tertiary/aromatic N) is 2. The van der Waals surface area contributed by atoms with Gasteiger partial charge in [0.25, 0.3) is 0 Å². The Kier molecular flexibility index (Phi) is 9.33. The average molecular weight is 509 g/mol. The predicted octanol–water partition coefficient (Wildman–Crippen LogP) is 3.07. The summed E-state index contributed by atoms with van der Waals surface area (Å²) in [5.74, 6) is 1.75. The molecule has 8 heteroatoms. The molecule has 1 N–H and O–H groups in total. The van der Waals surface area contributed by atoms with E-state index >= 15 is 0 Å². The molecule has 0 aromatic heterocycles. The number of ether oxygens (including phenoxy) is 1. The van der Waals surface area contributed by atoms with E-state index in [-0.39, 0.29) is 29.7 Å². The first-order chi connectivity index (χ1) is 12.3. The monoisotopic (exact) mass is 509 g/mol. The number of benzene rings is 1. The maximum Gasteiger partial charge on any atom is 0.193 e. The van der Waals surface area contributed by atoms with Crippen LogP contribution in [0.5, 0.6) is 5.75 Å². The van der Waals surface area contributed by atoms with Crippen LogP contribution in [0.4, 0.5) is 0 Å². The molecule has 1 saturated heterocycles. The van der Waals surface area contributed by atoms with Gasteiger partial charge in [0.2, 0.25) is 0 Å². The molecule has 1 heterocycles. The van der Waals surface area contributed by atoms with Crippen molar-refractivity contribution in [2.24, 2.45) is 4.99 Å². The van der Waals surface area contributed by atoms with Crippen molar-refractivity contribution in [2.45, 2.75) is 44.9 Å². The number of hydrogen-bond donors (Lipinski definition) is 1. The van der Waals surface area contributed by atoms with Gasteiger partial charge in [-0.3, -0.25) is 4.99 Å². The third-order valence-electron chi connectivity index (χ3n) is 4.67. The van der Waals surface area contributed by atoms with E-state index in [4.69, 9.17) is 4.74 Å². The van der Waals surface area contributed by atoms with Crippen LogP contribution in [-0.4, -0.2) is 56.5 Å². The SMILES string of the molecule is CCCCOc1cccc(CNC(=NC)N2CCS(=O)(=O)C(C)(C)C2)c1.I. The number of sulfone groups is 1. The minimum Gasteiger partial charge on any atom is -0.494 e. The highest BCUT2D eigenvalue weighted by Crippen LogP contribution is 2.23. The Morgan fingerprint density at radius 2 is 2.11 bits per heavy atom. The molecule has 1 aromatic carbocycles. The molecule has 0 unspecified atom stereocenters. The van der Waals surface area contributed by atoms with Crippen LogP contribution in [0.3, 0.4) is 0 Å². The average Bonchev–Trinajstić information content (AvgIpc) is 2.59. The van der Waals surface area contributed by atoms with E-state index in [1.54, 1.807) is 20.9 Å². The fourth-order valence-corrected chi connectivity index (χ4v) is 4.28. The second kappa shape index (κ2) is 10.5. The second-order valence-corrected chi connectivity index (χ2v) is 9.99. The summed E-state index contributed by atoms with van der Waals surface area (Å²) in [6, 6.07) is 8.02. The quantitative estimate of drug-likeness (QED) is 0.276. The van der Waals surface area contributed by atoms with E-state index in [0.717, 1.165) is 36.7 Å². The molecule has 1 aliphatic rings. The molecule has 2 rings (SSSR count). The van der Waals surface area contributed by atoms with Crippen molar-refractivity contribution in [1.82, 2.24) is 10.2 Å². The molecule has 6 nitrogen and oxygen atoms in total.